The molecule has 0 aromatic heterocycles. The predicted molar refractivity (Wildman–Crippen MR) is 48.5 cm³/mol. The van der Waals surface area contributed by atoms with E-state index < -0.39 is 17.6 Å². The highest BCUT2D eigenvalue weighted by atomic mass is 16.6. The van der Waals surface area contributed by atoms with Gasteiger partial charge in [-0.1, -0.05) is 0 Å². The highest BCUT2D eigenvalue weighted by Crippen LogP contribution is 2.30. The zero-order valence-corrected chi connectivity index (χ0v) is 8.27. The van der Waals surface area contributed by atoms with Crippen LogP contribution in [0.5, 0.6) is 0 Å². The number of aliphatic carboxylic acids is 1. The maximum Gasteiger partial charge on any atom is 0.410 e. The van der Waals surface area contributed by atoms with Crippen molar-refractivity contribution in [3.8, 4) is 0 Å². The number of nitrogens with zero attached hydrogens (tertiary/aromatic N) is 1. The Morgan fingerprint density at radius 3 is 2.47 bits per heavy atom. The Balaban J connectivity index is 2.24. The van der Waals surface area contributed by atoms with E-state index in [9.17, 15) is 14.7 Å². The number of amides is 1. The second-order valence-corrected chi connectivity index (χ2v) is 3.72. The number of hydrogen-bond acceptors (Lipinski definition) is 4. The van der Waals surface area contributed by atoms with E-state index in [1.54, 1.807) is 0 Å². The van der Waals surface area contributed by atoms with Gasteiger partial charge in [0.15, 0.2) is 0 Å². The van der Waals surface area contributed by atoms with Crippen molar-refractivity contribution in [3.05, 3.63) is 0 Å². The fourth-order valence-electron chi connectivity index (χ4n) is 2.09. The van der Waals surface area contributed by atoms with Crippen LogP contribution in [0, 0.1) is 0 Å². The molecule has 0 saturated carbocycles. The summed E-state index contributed by atoms with van der Waals surface area (Å²) >= 11 is 0. The molecule has 15 heavy (non-hydrogen) atoms. The number of carbonyl (C=O) groups is 2. The summed E-state index contributed by atoms with van der Waals surface area (Å²) in [6.07, 6.45) is 0.133. The first-order valence-corrected chi connectivity index (χ1v) is 4.92. The Hall–Kier alpha value is -1.30. The van der Waals surface area contributed by atoms with Gasteiger partial charge < -0.3 is 14.6 Å². The minimum atomic E-state index is -1.12. The fourth-order valence-corrected chi connectivity index (χ4v) is 2.09. The Labute approximate surface area is 86.8 Å². The molecule has 2 aliphatic heterocycles. The van der Waals surface area contributed by atoms with E-state index in [0.717, 1.165) is 0 Å². The largest absolute Gasteiger partial charge is 0.479 e. The predicted octanol–water partition coefficient (Wildman–Crippen LogP) is 0.0724. The van der Waals surface area contributed by atoms with Gasteiger partial charge in [-0.15, -0.1) is 0 Å². The SMILES string of the molecule is O=C1OCCN1C1(C(=O)O)CCOCC1. The summed E-state index contributed by atoms with van der Waals surface area (Å²) in [6, 6.07) is 0. The van der Waals surface area contributed by atoms with Gasteiger partial charge in [-0.25, -0.2) is 9.59 Å². The average molecular weight is 215 g/mol. The third kappa shape index (κ3) is 1.54. The standard InChI is InChI=1S/C9H13NO5/c11-7(12)9(1-4-14-5-2-9)10-3-6-15-8(10)13/h1-6H2,(H,11,12). The first-order chi connectivity index (χ1) is 7.17. The number of carboxylic acids is 1. The van der Waals surface area contributed by atoms with Crippen molar-refractivity contribution in [1.82, 2.24) is 4.90 Å². The van der Waals surface area contributed by atoms with Crippen LogP contribution in [0.2, 0.25) is 0 Å². The van der Waals surface area contributed by atoms with Crippen LogP contribution < -0.4 is 0 Å². The number of rotatable bonds is 2. The summed E-state index contributed by atoms with van der Waals surface area (Å²) in [6.45, 7) is 1.37. The lowest BCUT2D eigenvalue weighted by atomic mass is 9.88. The second kappa shape index (κ2) is 3.69. The quantitative estimate of drug-likeness (QED) is 0.705. The first-order valence-electron chi connectivity index (χ1n) is 4.92. The molecule has 0 aliphatic carbocycles. The third-order valence-electron chi connectivity index (χ3n) is 3.00. The molecule has 0 aromatic carbocycles. The van der Waals surface area contributed by atoms with Crippen LogP contribution in [0.15, 0.2) is 0 Å². The highest BCUT2D eigenvalue weighted by Gasteiger charge is 2.50. The normalized spacial score (nSPS) is 25.1. The van der Waals surface area contributed by atoms with Gasteiger partial charge in [-0.3, -0.25) is 4.90 Å². The maximum atomic E-state index is 11.4. The molecule has 2 fully saturated rings. The van der Waals surface area contributed by atoms with E-state index in [0.29, 0.717) is 32.6 Å². The van der Waals surface area contributed by atoms with Gasteiger partial charge in [0, 0.05) is 26.1 Å². The Kier molecular flexibility index (Phi) is 2.52. The number of ether oxygens (including phenoxy) is 2. The van der Waals surface area contributed by atoms with Crippen LogP contribution in [0.3, 0.4) is 0 Å². The molecule has 1 amide bonds. The minimum absolute atomic E-state index is 0.273. The topological polar surface area (TPSA) is 76.1 Å². The van der Waals surface area contributed by atoms with Crippen molar-refractivity contribution in [1.29, 1.82) is 0 Å². The van der Waals surface area contributed by atoms with Crippen LogP contribution in [0.1, 0.15) is 12.8 Å². The summed E-state index contributed by atoms with van der Waals surface area (Å²) in [5, 5.41) is 9.26. The molecule has 6 nitrogen and oxygen atoms in total. The number of carboxylic acid groups (broad SMARTS) is 1. The van der Waals surface area contributed by atoms with Gasteiger partial charge in [0.2, 0.25) is 0 Å². The van der Waals surface area contributed by atoms with Crippen LogP contribution in [0.4, 0.5) is 4.79 Å². The van der Waals surface area contributed by atoms with Gasteiger partial charge in [-0.2, -0.15) is 0 Å². The summed E-state index contributed by atoms with van der Waals surface area (Å²) in [5.41, 5.74) is -1.12. The van der Waals surface area contributed by atoms with E-state index >= 15 is 0 Å². The lowest BCUT2D eigenvalue weighted by Gasteiger charge is -2.38. The van der Waals surface area contributed by atoms with E-state index in [2.05, 4.69) is 0 Å². The first kappa shape index (κ1) is 10.2. The van der Waals surface area contributed by atoms with Gasteiger partial charge in [-0.05, 0) is 0 Å². The highest BCUT2D eigenvalue weighted by molar-refractivity contribution is 5.85. The van der Waals surface area contributed by atoms with Crippen LogP contribution in [-0.4, -0.2) is 54.0 Å². The van der Waals surface area contributed by atoms with Gasteiger partial charge in [0.1, 0.15) is 12.1 Å². The third-order valence-corrected chi connectivity index (χ3v) is 3.00. The summed E-state index contributed by atoms with van der Waals surface area (Å²) in [5.74, 6) is -0.968. The number of hydrogen-bond donors (Lipinski definition) is 1. The van der Waals surface area contributed by atoms with Crippen molar-refractivity contribution in [2.45, 2.75) is 18.4 Å². The molecule has 0 unspecified atom stereocenters. The fraction of sp³-hybridized carbons (Fsp3) is 0.778. The molecular weight excluding hydrogens is 202 g/mol. The second-order valence-electron chi connectivity index (χ2n) is 3.72. The van der Waals surface area contributed by atoms with Crippen molar-refractivity contribution >= 4 is 12.1 Å². The van der Waals surface area contributed by atoms with Gasteiger partial charge >= 0.3 is 12.1 Å². The van der Waals surface area contributed by atoms with Crippen molar-refractivity contribution in [3.63, 3.8) is 0 Å². The lowest BCUT2D eigenvalue weighted by Crippen LogP contribution is -2.58. The molecule has 0 bridgehead atoms. The molecule has 0 spiro atoms. The molecule has 84 valence electrons. The molecule has 0 aromatic rings. The van der Waals surface area contributed by atoms with Gasteiger partial charge in [0.25, 0.3) is 0 Å². The Bertz CT molecular complexity index is 284. The molecular formula is C9H13NO5. The molecule has 0 atom stereocenters. The van der Waals surface area contributed by atoms with Gasteiger partial charge in [0.05, 0.1) is 6.54 Å². The van der Waals surface area contributed by atoms with E-state index in [-0.39, 0.29) is 6.61 Å². The molecule has 6 heteroatoms. The van der Waals surface area contributed by atoms with Crippen molar-refractivity contribution in [2.75, 3.05) is 26.4 Å². The molecule has 2 saturated heterocycles. The average Bonchev–Trinajstić information content (AvgIpc) is 2.66. The number of cyclic esters (lactones) is 1. The van der Waals surface area contributed by atoms with E-state index in [1.807, 2.05) is 0 Å². The van der Waals surface area contributed by atoms with Crippen LogP contribution in [0.25, 0.3) is 0 Å². The molecule has 2 heterocycles. The molecule has 0 radical (unpaired) electrons. The molecule has 1 N–H and O–H groups in total. The van der Waals surface area contributed by atoms with E-state index in [4.69, 9.17) is 9.47 Å². The Morgan fingerprint density at radius 2 is 2.00 bits per heavy atom. The smallest absolute Gasteiger partial charge is 0.410 e. The lowest BCUT2D eigenvalue weighted by molar-refractivity contribution is -0.155. The van der Waals surface area contributed by atoms with E-state index in [1.165, 1.54) is 4.90 Å². The van der Waals surface area contributed by atoms with Crippen LogP contribution >= 0.6 is 0 Å². The monoisotopic (exact) mass is 215 g/mol. The molecule has 2 aliphatic rings. The summed E-state index contributed by atoms with van der Waals surface area (Å²) in [7, 11) is 0. The summed E-state index contributed by atoms with van der Waals surface area (Å²) in [4.78, 5) is 24.0. The van der Waals surface area contributed by atoms with Crippen molar-refractivity contribution < 1.29 is 24.2 Å². The van der Waals surface area contributed by atoms with Crippen molar-refractivity contribution in [2.24, 2.45) is 0 Å². The zero-order valence-electron chi connectivity index (χ0n) is 8.27. The summed E-state index contributed by atoms with van der Waals surface area (Å²) < 4.78 is 9.90. The van der Waals surface area contributed by atoms with Crippen LogP contribution in [-0.2, 0) is 14.3 Å². The molecule has 2 rings (SSSR count). The Morgan fingerprint density at radius 1 is 1.33 bits per heavy atom. The minimum Gasteiger partial charge on any atom is -0.479 e. The number of carbonyl (C=O) groups excluding carboxylic acids is 1. The zero-order chi connectivity index (χ0) is 10.9. The maximum absolute atomic E-state index is 11.4.